The van der Waals surface area contributed by atoms with Crippen LogP contribution in [0.2, 0.25) is 0 Å². The topological polar surface area (TPSA) is 128 Å². The molecule has 0 aromatic carbocycles. The smallest absolute Gasteiger partial charge is 0.395 e. The Morgan fingerprint density at radius 2 is 1.00 bits per heavy atom. The lowest BCUT2D eigenvalue weighted by molar-refractivity contribution is 0.136. The summed E-state index contributed by atoms with van der Waals surface area (Å²) >= 11 is 0. The standard InChI is InChI=1S/C14H30O4S.C6H15NO3/c1-2-3-4-5-6-7-8-9-10-11-12-13-14-18-19(15,16)17;8-4-1-7(2-5-9)3-6-10/h2-14H2,1H3,(H,15,16,17);8-10H,1-6H2. The fourth-order valence-electron chi connectivity index (χ4n) is 2.87. The largest absolute Gasteiger partial charge is 0.397 e. The molecule has 0 aliphatic carbocycles. The van der Waals surface area contributed by atoms with E-state index in [1.807, 2.05) is 0 Å². The molecular formula is C20H45NO7S. The van der Waals surface area contributed by atoms with E-state index in [0.717, 1.165) is 12.8 Å². The molecule has 0 bridgehead atoms. The van der Waals surface area contributed by atoms with E-state index in [1.165, 1.54) is 57.8 Å². The van der Waals surface area contributed by atoms with Gasteiger partial charge in [-0.15, -0.1) is 0 Å². The molecule has 29 heavy (non-hydrogen) atoms. The predicted octanol–water partition coefficient (Wildman–Crippen LogP) is 2.77. The minimum absolute atomic E-state index is 0.0694. The van der Waals surface area contributed by atoms with Gasteiger partial charge < -0.3 is 15.3 Å². The molecule has 0 amide bonds. The van der Waals surface area contributed by atoms with Crippen molar-refractivity contribution in [2.75, 3.05) is 46.1 Å². The minimum Gasteiger partial charge on any atom is -0.395 e. The first kappa shape index (κ1) is 30.9. The second-order valence-corrected chi connectivity index (χ2v) is 8.24. The molecule has 0 aromatic rings. The van der Waals surface area contributed by atoms with Gasteiger partial charge in [0, 0.05) is 19.6 Å². The molecule has 0 aliphatic heterocycles. The van der Waals surface area contributed by atoms with Gasteiger partial charge in [0.15, 0.2) is 0 Å². The number of aliphatic hydroxyl groups is 3. The molecule has 4 N–H and O–H groups in total. The highest BCUT2D eigenvalue weighted by Gasteiger charge is 2.02. The molecule has 0 radical (unpaired) electrons. The lowest BCUT2D eigenvalue weighted by atomic mass is 10.1. The van der Waals surface area contributed by atoms with Crippen molar-refractivity contribution in [3.8, 4) is 0 Å². The van der Waals surface area contributed by atoms with Gasteiger partial charge in [-0.05, 0) is 6.42 Å². The molecule has 8 nitrogen and oxygen atoms in total. The summed E-state index contributed by atoms with van der Waals surface area (Å²) in [4.78, 5) is 1.79. The van der Waals surface area contributed by atoms with Crippen LogP contribution in [0.4, 0.5) is 0 Å². The fraction of sp³-hybridized carbons (Fsp3) is 1.00. The van der Waals surface area contributed by atoms with Crippen LogP contribution in [0.25, 0.3) is 0 Å². The first-order chi connectivity index (χ1) is 13.9. The van der Waals surface area contributed by atoms with Crippen LogP contribution < -0.4 is 0 Å². The summed E-state index contributed by atoms with van der Waals surface area (Å²) in [5, 5.41) is 25.5. The fourth-order valence-corrected chi connectivity index (χ4v) is 3.20. The van der Waals surface area contributed by atoms with Crippen molar-refractivity contribution in [3.05, 3.63) is 0 Å². The van der Waals surface area contributed by atoms with Crippen molar-refractivity contribution in [2.45, 2.75) is 84.0 Å². The van der Waals surface area contributed by atoms with Gasteiger partial charge in [0.25, 0.3) is 0 Å². The zero-order valence-electron chi connectivity index (χ0n) is 18.3. The SMILES string of the molecule is CCCCCCCCCCCCCCOS(=O)(=O)O.OCCN(CCO)CCO. The summed E-state index contributed by atoms with van der Waals surface area (Å²) < 4.78 is 33.1. The van der Waals surface area contributed by atoms with Crippen LogP contribution in [0.3, 0.4) is 0 Å². The summed E-state index contributed by atoms with van der Waals surface area (Å²) in [5.74, 6) is 0. The Balaban J connectivity index is 0. The lowest BCUT2D eigenvalue weighted by Crippen LogP contribution is -2.32. The van der Waals surface area contributed by atoms with Crippen LogP contribution in [0.5, 0.6) is 0 Å². The zero-order chi connectivity index (χ0) is 22.2. The third-order valence-corrected chi connectivity index (χ3v) is 4.94. The third kappa shape index (κ3) is 30.0. The van der Waals surface area contributed by atoms with Crippen LogP contribution in [0.1, 0.15) is 84.0 Å². The molecule has 0 fully saturated rings. The van der Waals surface area contributed by atoms with Gasteiger partial charge in [0.05, 0.1) is 26.4 Å². The van der Waals surface area contributed by atoms with E-state index >= 15 is 0 Å². The van der Waals surface area contributed by atoms with Gasteiger partial charge in [-0.1, -0.05) is 77.6 Å². The molecule has 0 aromatic heterocycles. The van der Waals surface area contributed by atoms with E-state index in [9.17, 15) is 8.42 Å². The highest BCUT2D eigenvalue weighted by Crippen LogP contribution is 2.11. The van der Waals surface area contributed by atoms with Crippen molar-refractivity contribution in [2.24, 2.45) is 0 Å². The average molecular weight is 444 g/mol. The van der Waals surface area contributed by atoms with Gasteiger partial charge in [0.2, 0.25) is 0 Å². The first-order valence-electron chi connectivity index (χ1n) is 11.1. The van der Waals surface area contributed by atoms with Crippen LogP contribution >= 0.6 is 0 Å². The maximum absolute atomic E-state index is 10.3. The molecule has 0 atom stereocenters. The van der Waals surface area contributed by atoms with E-state index in [-0.39, 0.29) is 26.4 Å². The van der Waals surface area contributed by atoms with Crippen molar-refractivity contribution in [3.63, 3.8) is 0 Å². The van der Waals surface area contributed by atoms with E-state index < -0.39 is 10.4 Å². The van der Waals surface area contributed by atoms with Crippen molar-refractivity contribution in [1.82, 2.24) is 4.90 Å². The average Bonchev–Trinajstić information content (AvgIpc) is 2.66. The van der Waals surface area contributed by atoms with Crippen LogP contribution in [-0.4, -0.2) is 79.3 Å². The Kier molecular flexibility index (Phi) is 25.6. The second-order valence-electron chi connectivity index (χ2n) is 7.15. The zero-order valence-corrected chi connectivity index (χ0v) is 19.1. The number of aliphatic hydroxyl groups excluding tert-OH is 3. The van der Waals surface area contributed by atoms with Gasteiger partial charge in [-0.25, -0.2) is 4.18 Å². The molecule has 178 valence electrons. The summed E-state index contributed by atoms with van der Waals surface area (Å²) in [7, 11) is -4.24. The van der Waals surface area contributed by atoms with E-state index in [1.54, 1.807) is 4.90 Å². The Hall–Kier alpha value is -0.290. The number of rotatable bonds is 20. The summed E-state index contributed by atoms with van der Waals surface area (Å²) in [6.45, 7) is 4.08. The van der Waals surface area contributed by atoms with Crippen LogP contribution in [-0.2, 0) is 14.6 Å². The Bertz CT molecular complexity index is 393. The van der Waals surface area contributed by atoms with Crippen LogP contribution in [0.15, 0.2) is 0 Å². The predicted molar refractivity (Wildman–Crippen MR) is 116 cm³/mol. The van der Waals surface area contributed by atoms with Gasteiger partial charge in [-0.2, -0.15) is 8.42 Å². The maximum atomic E-state index is 10.3. The molecule has 0 saturated heterocycles. The highest BCUT2D eigenvalue weighted by atomic mass is 32.3. The highest BCUT2D eigenvalue weighted by molar-refractivity contribution is 7.80. The molecule has 0 spiro atoms. The van der Waals surface area contributed by atoms with E-state index in [2.05, 4.69) is 11.1 Å². The van der Waals surface area contributed by atoms with Crippen molar-refractivity contribution in [1.29, 1.82) is 0 Å². The summed E-state index contributed by atoms with van der Waals surface area (Å²) in [6.07, 6.45) is 14.7. The minimum atomic E-state index is -4.24. The first-order valence-corrected chi connectivity index (χ1v) is 12.4. The van der Waals surface area contributed by atoms with Gasteiger partial charge >= 0.3 is 10.4 Å². The Morgan fingerprint density at radius 3 is 1.31 bits per heavy atom. The Labute approximate surface area is 178 Å². The quantitative estimate of drug-likeness (QED) is 0.167. The number of hydrogen-bond donors (Lipinski definition) is 4. The number of nitrogens with zero attached hydrogens (tertiary/aromatic N) is 1. The van der Waals surface area contributed by atoms with Gasteiger partial charge in [-0.3, -0.25) is 9.45 Å². The molecule has 0 rings (SSSR count). The molecule has 0 unspecified atom stereocenters. The molecule has 0 aliphatic rings. The molecule has 0 saturated carbocycles. The molecule has 9 heteroatoms. The summed E-state index contributed by atoms with van der Waals surface area (Å²) in [5.41, 5.74) is 0. The summed E-state index contributed by atoms with van der Waals surface area (Å²) in [6, 6.07) is 0. The molecular weight excluding hydrogens is 398 g/mol. The number of hydrogen-bond acceptors (Lipinski definition) is 7. The third-order valence-electron chi connectivity index (χ3n) is 4.48. The lowest BCUT2D eigenvalue weighted by Gasteiger charge is -2.17. The Morgan fingerprint density at radius 1 is 0.655 bits per heavy atom. The second kappa shape index (κ2) is 24.0. The monoisotopic (exact) mass is 443 g/mol. The van der Waals surface area contributed by atoms with Crippen LogP contribution in [0, 0.1) is 0 Å². The number of unbranched alkanes of at least 4 members (excludes halogenated alkanes) is 11. The normalized spacial score (nSPS) is 11.5. The van der Waals surface area contributed by atoms with E-state index in [4.69, 9.17) is 19.9 Å². The van der Waals surface area contributed by atoms with E-state index in [0.29, 0.717) is 26.1 Å². The molecule has 0 heterocycles. The van der Waals surface area contributed by atoms with Crippen molar-refractivity contribution >= 4 is 10.4 Å². The van der Waals surface area contributed by atoms with Crippen molar-refractivity contribution < 1.29 is 32.5 Å². The maximum Gasteiger partial charge on any atom is 0.397 e. The van der Waals surface area contributed by atoms with Gasteiger partial charge in [0.1, 0.15) is 0 Å².